The van der Waals surface area contributed by atoms with Gasteiger partial charge in [0.15, 0.2) is 5.13 Å². The molecular weight excluding hydrogens is 242 g/mol. The van der Waals surface area contributed by atoms with Crippen molar-refractivity contribution in [1.29, 1.82) is 0 Å². The summed E-state index contributed by atoms with van der Waals surface area (Å²) in [5.74, 6) is 1.42. The van der Waals surface area contributed by atoms with Gasteiger partial charge in [-0.25, -0.2) is 4.98 Å². The fourth-order valence-corrected chi connectivity index (χ4v) is 3.73. The molecule has 3 rings (SSSR count). The molecule has 1 aliphatic carbocycles. The van der Waals surface area contributed by atoms with Crippen molar-refractivity contribution in [3.63, 3.8) is 0 Å². The van der Waals surface area contributed by atoms with E-state index in [2.05, 4.69) is 28.5 Å². The zero-order valence-electron chi connectivity index (χ0n) is 10.4. The quantitative estimate of drug-likeness (QED) is 0.889. The molecule has 1 aliphatic rings. The van der Waals surface area contributed by atoms with Crippen LogP contribution in [-0.4, -0.2) is 18.1 Å². The van der Waals surface area contributed by atoms with Crippen LogP contribution < -0.4 is 11.1 Å². The standard InChI is InChI=1S/C14H19N3S/c15-8-10-4-3-5-11(10)9-16-14-17-12-6-1-2-7-13(12)18-14/h1-2,6-7,10-11H,3-5,8-9,15H2,(H,16,17). The SMILES string of the molecule is NCC1CCCC1CNc1nc2ccccc2s1. The zero-order chi connectivity index (χ0) is 12.4. The molecule has 18 heavy (non-hydrogen) atoms. The number of hydrogen-bond acceptors (Lipinski definition) is 4. The molecule has 3 nitrogen and oxygen atoms in total. The number of nitrogens with two attached hydrogens (primary N) is 1. The molecule has 1 aromatic heterocycles. The van der Waals surface area contributed by atoms with E-state index in [9.17, 15) is 0 Å². The summed E-state index contributed by atoms with van der Waals surface area (Å²) in [5, 5.41) is 4.53. The summed E-state index contributed by atoms with van der Waals surface area (Å²) in [4.78, 5) is 4.60. The molecule has 96 valence electrons. The molecule has 0 spiro atoms. The van der Waals surface area contributed by atoms with Crippen molar-refractivity contribution in [1.82, 2.24) is 4.98 Å². The summed E-state index contributed by atoms with van der Waals surface area (Å²) in [6.07, 6.45) is 3.93. The minimum Gasteiger partial charge on any atom is -0.361 e. The predicted octanol–water partition coefficient (Wildman–Crippen LogP) is 3.08. The number of hydrogen-bond donors (Lipinski definition) is 2. The lowest BCUT2D eigenvalue weighted by Gasteiger charge is -2.17. The molecule has 0 saturated heterocycles. The Morgan fingerprint density at radius 3 is 2.94 bits per heavy atom. The Kier molecular flexibility index (Phi) is 3.48. The molecular formula is C14H19N3S. The maximum absolute atomic E-state index is 5.81. The third kappa shape index (κ3) is 2.35. The third-order valence-electron chi connectivity index (χ3n) is 3.93. The van der Waals surface area contributed by atoms with Crippen LogP contribution in [0.2, 0.25) is 0 Å². The van der Waals surface area contributed by atoms with E-state index in [0.717, 1.165) is 29.7 Å². The average molecular weight is 261 g/mol. The first-order valence-corrected chi connectivity index (χ1v) is 7.48. The van der Waals surface area contributed by atoms with Gasteiger partial charge in [-0.3, -0.25) is 0 Å². The number of nitrogens with one attached hydrogen (secondary N) is 1. The van der Waals surface area contributed by atoms with Gasteiger partial charge in [-0.1, -0.05) is 29.9 Å². The van der Waals surface area contributed by atoms with Gasteiger partial charge < -0.3 is 11.1 Å². The Bertz CT molecular complexity index is 489. The number of thiazole rings is 1. The van der Waals surface area contributed by atoms with Crippen molar-refractivity contribution in [2.75, 3.05) is 18.4 Å². The van der Waals surface area contributed by atoms with Gasteiger partial charge in [0.2, 0.25) is 0 Å². The number of aromatic nitrogens is 1. The molecule has 3 N–H and O–H groups in total. The Hall–Kier alpha value is -1.13. The smallest absolute Gasteiger partial charge is 0.183 e. The molecule has 1 saturated carbocycles. The third-order valence-corrected chi connectivity index (χ3v) is 4.92. The molecule has 1 heterocycles. The highest BCUT2D eigenvalue weighted by atomic mass is 32.1. The molecule has 0 bridgehead atoms. The molecule has 2 unspecified atom stereocenters. The first-order valence-electron chi connectivity index (χ1n) is 6.66. The first-order chi connectivity index (χ1) is 8.86. The number of fused-ring (bicyclic) bond motifs is 1. The van der Waals surface area contributed by atoms with E-state index < -0.39 is 0 Å². The van der Waals surface area contributed by atoms with Crippen LogP contribution in [0.15, 0.2) is 24.3 Å². The van der Waals surface area contributed by atoms with Crippen LogP contribution in [0.25, 0.3) is 10.2 Å². The Labute approximate surface area is 111 Å². The number of rotatable bonds is 4. The molecule has 4 heteroatoms. The van der Waals surface area contributed by atoms with Crippen LogP contribution >= 0.6 is 11.3 Å². The van der Waals surface area contributed by atoms with Gasteiger partial charge in [-0.05, 0) is 43.4 Å². The number of benzene rings is 1. The van der Waals surface area contributed by atoms with E-state index in [4.69, 9.17) is 5.73 Å². The average Bonchev–Trinajstić information content (AvgIpc) is 3.01. The van der Waals surface area contributed by atoms with Crippen molar-refractivity contribution in [3.8, 4) is 0 Å². The van der Waals surface area contributed by atoms with Crippen LogP contribution in [0, 0.1) is 11.8 Å². The summed E-state index contributed by atoms with van der Waals surface area (Å²) in [6.45, 7) is 1.84. The first kappa shape index (κ1) is 11.9. The van der Waals surface area contributed by atoms with Crippen LogP contribution in [0.4, 0.5) is 5.13 Å². The van der Waals surface area contributed by atoms with Crippen LogP contribution in [0.3, 0.4) is 0 Å². The fourth-order valence-electron chi connectivity index (χ4n) is 2.86. The van der Waals surface area contributed by atoms with E-state index >= 15 is 0 Å². The van der Waals surface area contributed by atoms with Crippen molar-refractivity contribution >= 4 is 26.7 Å². The highest BCUT2D eigenvalue weighted by Gasteiger charge is 2.25. The largest absolute Gasteiger partial charge is 0.361 e. The monoisotopic (exact) mass is 261 g/mol. The van der Waals surface area contributed by atoms with E-state index in [1.54, 1.807) is 11.3 Å². The highest BCUT2D eigenvalue weighted by Crippen LogP contribution is 2.32. The molecule has 1 aromatic carbocycles. The second-order valence-electron chi connectivity index (χ2n) is 5.05. The fraction of sp³-hybridized carbons (Fsp3) is 0.500. The van der Waals surface area contributed by atoms with Gasteiger partial charge in [0, 0.05) is 6.54 Å². The lowest BCUT2D eigenvalue weighted by Crippen LogP contribution is -2.24. The van der Waals surface area contributed by atoms with Crippen LogP contribution in [0.5, 0.6) is 0 Å². The van der Waals surface area contributed by atoms with Gasteiger partial charge in [-0.15, -0.1) is 0 Å². The normalized spacial score (nSPS) is 23.6. The molecule has 0 radical (unpaired) electrons. The maximum Gasteiger partial charge on any atom is 0.183 e. The van der Waals surface area contributed by atoms with Crippen molar-refractivity contribution < 1.29 is 0 Å². The van der Waals surface area contributed by atoms with Crippen molar-refractivity contribution in [3.05, 3.63) is 24.3 Å². The topological polar surface area (TPSA) is 50.9 Å². The summed E-state index contributed by atoms with van der Waals surface area (Å²) >= 11 is 1.74. The summed E-state index contributed by atoms with van der Waals surface area (Å²) < 4.78 is 1.25. The second kappa shape index (κ2) is 5.24. The minimum absolute atomic E-state index is 0.701. The van der Waals surface area contributed by atoms with Gasteiger partial charge in [0.1, 0.15) is 0 Å². The highest BCUT2D eigenvalue weighted by molar-refractivity contribution is 7.22. The Balaban J connectivity index is 1.66. The van der Waals surface area contributed by atoms with E-state index in [-0.39, 0.29) is 0 Å². The number of para-hydroxylation sites is 1. The number of anilines is 1. The lowest BCUT2D eigenvalue weighted by atomic mass is 9.96. The van der Waals surface area contributed by atoms with Crippen LogP contribution in [0.1, 0.15) is 19.3 Å². The van der Waals surface area contributed by atoms with Crippen molar-refractivity contribution in [2.45, 2.75) is 19.3 Å². The van der Waals surface area contributed by atoms with Gasteiger partial charge in [0.05, 0.1) is 10.2 Å². The minimum atomic E-state index is 0.701. The van der Waals surface area contributed by atoms with Gasteiger partial charge >= 0.3 is 0 Å². The van der Waals surface area contributed by atoms with Gasteiger partial charge in [0.25, 0.3) is 0 Å². The number of nitrogens with zero attached hydrogens (tertiary/aromatic N) is 1. The molecule has 0 amide bonds. The molecule has 1 fully saturated rings. The Morgan fingerprint density at radius 2 is 2.11 bits per heavy atom. The van der Waals surface area contributed by atoms with E-state index in [1.807, 2.05) is 6.07 Å². The summed E-state index contributed by atoms with van der Waals surface area (Å²) in [5.41, 5.74) is 6.90. The second-order valence-corrected chi connectivity index (χ2v) is 6.09. The Morgan fingerprint density at radius 1 is 1.28 bits per heavy atom. The predicted molar refractivity (Wildman–Crippen MR) is 78.0 cm³/mol. The van der Waals surface area contributed by atoms with Crippen molar-refractivity contribution in [2.24, 2.45) is 17.6 Å². The summed E-state index contributed by atoms with van der Waals surface area (Å²) in [6, 6.07) is 8.28. The van der Waals surface area contributed by atoms with E-state index in [1.165, 1.54) is 24.0 Å². The molecule has 0 aliphatic heterocycles. The van der Waals surface area contributed by atoms with E-state index in [0.29, 0.717) is 5.92 Å². The molecule has 2 aromatic rings. The summed E-state index contributed by atoms with van der Waals surface area (Å²) in [7, 11) is 0. The maximum atomic E-state index is 5.81. The lowest BCUT2D eigenvalue weighted by molar-refractivity contribution is 0.414. The molecule has 2 atom stereocenters. The van der Waals surface area contributed by atoms with Gasteiger partial charge in [-0.2, -0.15) is 0 Å². The zero-order valence-corrected chi connectivity index (χ0v) is 11.2. The van der Waals surface area contributed by atoms with Crippen LogP contribution in [-0.2, 0) is 0 Å².